The molecule has 1 atom stereocenters. The van der Waals surface area contributed by atoms with Gasteiger partial charge < -0.3 is 10.6 Å². The van der Waals surface area contributed by atoms with E-state index in [1.807, 2.05) is 0 Å². The van der Waals surface area contributed by atoms with Crippen LogP contribution in [0.1, 0.15) is 60.1 Å². The Labute approximate surface area is 166 Å². The van der Waals surface area contributed by atoms with Crippen LogP contribution in [0.4, 0.5) is 20.3 Å². The molecule has 0 aromatic carbocycles. The molecule has 0 saturated heterocycles. The van der Waals surface area contributed by atoms with Crippen molar-refractivity contribution in [1.29, 1.82) is 0 Å². The van der Waals surface area contributed by atoms with Gasteiger partial charge in [0, 0.05) is 41.2 Å². The number of hydrogen-bond donors (Lipinski definition) is 2. The summed E-state index contributed by atoms with van der Waals surface area (Å²) in [5.41, 5.74) is 2.31. The zero-order valence-corrected chi connectivity index (χ0v) is 15.8. The van der Waals surface area contributed by atoms with Gasteiger partial charge in [-0.2, -0.15) is 13.8 Å². The number of nitrogens with zero attached hydrogens (tertiary/aromatic N) is 3. The van der Waals surface area contributed by atoms with Crippen molar-refractivity contribution in [3.8, 4) is 0 Å². The van der Waals surface area contributed by atoms with E-state index >= 15 is 0 Å². The molecule has 1 spiro atoms. The van der Waals surface area contributed by atoms with Gasteiger partial charge in [-0.15, -0.1) is 0 Å². The highest BCUT2D eigenvalue weighted by Gasteiger charge is 2.48. The lowest BCUT2D eigenvalue weighted by Crippen LogP contribution is -2.54. The second-order valence-corrected chi connectivity index (χ2v) is 8.15. The fourth-order valence-corrected chi connectivity index (χ4v) is 4.87. The van der Waals surface area contributed by atoms with Crippen LogP contribution in [0.2, 0.25) is 0 Å². The molecule has 1 aliphatic heterocycles. The van der Waals surface area contributed by atoms with Crippen LogP contribution in [-0.2, 0) is 6.54 Å². The van der Waals surface area contributed by atoms with E-state index < -0.39 is 11.9 Å². The summed E-state index contributed by atoms with van der Waals surface area (Å²) in [6.45, 7) is 0.402. The molecule has 2 saturated carbocycles. The fraction of sp³-hybridized carbons (Fsp3) is 0.429. The maximum absolute atomic E-state index is 13.4. The molecule has 2 fully saturated rings. The molecule has 2 N–H and O–H groups in total. The molecule has 2 aromatic heterocycles. The van der Waals surface area contributed by atoms with E-state index in [0.717, 1.165) is 29.7 Å². The summed E-state index contributed by atoms with van der Waals surface area (Å²) in [6, 6.07) is 4.06. The number of halogens is 2. The molecule has 0 radical (unpaired) electrons. The Hall–Kier alpha value is -2.90. The minimum absolute atomic E-state index is 0.174. The number of aromatic nitrogens is 2. The monoisotopic (exact) mass is 397 g/mol. The van der Waals surface area contributed by atoms with E-state index in [-0.39, 0.29) is 23.1 Å². The highest BCUT2D eigenvalue weighted by atomic mass is 19.1. The summed E-state index contributed by atoms with van der Waals surface area (Å²) in [4.78, 5) is 24.9. The predicted molar refractivity (Wildman–Crippen MR) is 104 cm³/mol. The molecule has 29 heavy (non-hydrogen) atoms. The summed E-state index contributed by atoms with van der Waals surface area (Å²) in [5.74, 6) is -1.74. The molecule has 3 heterocycles. The highest BCUT2D eigenvalue weighted by Crippen LogP contribution is 2.53. The van der Waals surface area contributed by atoms with Crippen molar-refractivity contribution in [3.63, 3.8) is 0 Å². The zero-order chi connectivity index (χ0) is 20.0. The van der Waals surface area contributed by atoms with Crippen LogP contribution in [0.5, 0.6) is 0 Å². The van der Waals surface area contributed by atoms with E-state index in [1.54, 1.807) is 12.3 Å². The quantitative estimate of drug-likeness (QED) is 0.768. The Morgan fingerprint density at radius 1 is 1.07 bits per heavy atom. The van der Waals surface area contributed by atoms with Gasteiger partial charge in [-0.3, -0.25) is 9.79 Å². The molecule has 5 rings (SSSR count). The number of pyridine rings is 2. The lowest BCUT2D eigenvalue weighted by molar-refractivity contribution is 0.0579. The van der Waals surface area contributed by atoms with Crippen LogP contribution < -0.4 is 10.6 Å². The molecule has 1 unspecified atom stereocenters. The van der Waals surface area contributed by atoms with Crippen LogP contribution in [-0.4, -0.2) is 28.1 Å². The molecule has 150 valence electrons. The third-order valence-electron chi connectivity index (χ3n) is 6.46. The van der Waals surface area contributed by atoms with Gasteiger partial charge in [-0.05, 0) is 37.2 Å². The number of rotatable bonds is 4. The van der Waals surface area contributed by atoms with E-state index in [4.69, 9.17) is 0 Å². The average molecular weight is 397 g/mol. The van der Waals surface area contributed by atoms with Gasteiger partial charge in [-0.25, -0.2) is 4.98 Å². The van der Waals surface area contributed by atoms with Gasteiger partial charge in [0.05, 0.1) is 6.54 Å². The number of anilines is 2. The lowest BCUT2D eigenvalue weighted by Gasteiger charge is -2.47. The third kappa shape index (κ3) is 3.26. The number of aliphatic imine (C=N–C) groups is 1. The molecular weight excluding hydrogens is 376 g/mol. The van der Waals surface area contributed by atoms with E-state index in [2.05, 4.69) is 25.6 Å². The van der Waals surface area contributed by atoms with E-state index in [0.29, 0.717) is 18.1 Å². The number of nitrogens with one attached hydrogen (secondary N) is 2. The fourth-order valence-electron chi connectivity index (χ4n) is 4.87. The second kappa shape index (κ2) is 6.86. The summed E-state index contributed by atoms with van der Waals surface area (Å²) < 4.78 is 26.8. The highest BCUT2D eigenvalue weighted by molar-refractivity contribution is 5.99. The summed E-state index contributed by atoms with van der Waals surface area (Å²) in [6.07, 6.45) is 8.67. The molecule has 2 aromatic rings. The predicted octanol–water partition coefficient (Wildman–Crippen LogP) is 3.88. The smallest absolute Gasteiger partial charge is 0.270 e. The van der Waals surface area contributed by atoms with Gasteiger partial charge in [0.15, 0.2) is 0 Å². The standard InChI is InChI=1S/C21H21F2N5O/c22-16-8-13(9-17(23)27-16)25-18-7-12-10-24-11-14(12)19(28-18)20(29)26-15-3-6-21(15)4-1-2-5-21/h7-10,15H,1-6,11H2,(H,26,29)(H,25,27,28). The minimum atomic E-state index is -0.931. The lowest BCUT2D eigenvalue weighted by atomic mass is 9.63. The largest absolute Gasteiger partial charge is 0.347 e. The van der Waals surface area contributed by atoms with Crippen LogP contribution >= 0.6 is 0 Å². The molecule has 2 aliphatic carbocycles. The SMILES string of the molecule is O=C(NC1CCC12CCCC2)c1nc(Nc2cc(F)nc(F)c2)cc2c1CN=C2. The van der Waals surface area contributed by atoms with Crippen molar-refractivity contribution < 1.29 is 13.6 Å². The van der Waals surface area contributed by atoms with E-state index in [9.17, 15) is 13.6 Å². The average Bonchev–Trinajstić information content (AvgIpc) is 3.34. The van der Waals surface area contributed by atoms with Gasteiger partial charge in [0.1, 0.15) is 11.5 Å². The van der Waals surface area contributed by atoms with E-state index in [1.165, 1.54) is 32.1 Å². The molecule has 3 aliphatic rings. The Morgan fingerprint density at radius 3 is 2.52 bits per heavy atom. The normalized spacial score (nSPS) is 21.1. The Morgan fingerprint density at radius 2 is 1.83 bits per heavy atom. The van der Waals surface area contributed by atoms with Crippen molar-refractivity contribution in [2.45, 2.75) is 51.1 Å². The molecule has 0 bridgehead atoms. The first kappa shape index (κ1) is 18.1. The first-order valence-corrected chi connectivity index (χ1v) is 9.97. The number of carbonyl (C=O) groups is 1. The first-order valence-electron chi connectivity index (χ1n) is 9.97. The number of fused-ring (bicyclic) bond motifs is 1. The summed E-state index contributed by atoms with van der Waals surface area (Å²) in [7, 11) is 0. The molecule has 6 nitrogen and oxygen atoms in total. The van der Waals surface area contributed by atoms with Crippen molar-refractivity contribution in [3.05, 3.63) is 46.9 Å². The molecule has 1 amide bonds. The molecular formula is C21H21F2N5O. The van der Waals surface area contributed by atoms with Crippen LogP contribution in [0, 0.1) is 17.3 Å². The van der Waals surface area contributed by atoms with Gasteiger partial charge >= 0.3 is 0 Å². The van der Waals surface area contributed by atoms with Gasteiger partial charge in [0.25, 0.3) is 5.91 Å². The van der Waals surface area contributed by atoms with Crippen LogP contribution in [0.25, 0.3) is 0 Å². The van der Waals surface area contributed by atoms with Crippen LogP contribution in [0.15, 0.2) is 23.2 Å². The first-order chi connectivity index (χ1) is 14.0. The Kier molecular flexibility index (Phi) is 4.29. The Balaban J connectivity index is 1.41. The number of amides is 1. The van der Waals surface area contributed by atoms with Gasteiger partial charge in [-0.1, -0.05) is 12.8 Å². The van der Waals surface area contributed by atoms with Gasteiger partial charge in [0.2, 0.25) is 11.9 Å². The van der Waals surface area contributed by atoms with Crippen molar-refractivity contribution in [2.24, 2.45) is 10.4 Å². The molecule has 8 heteroatoms. The topological polar surface area (TPSA) is 79.3 Å². The minimum Gasteiger partial charge on any atom is -0.347 e. The maximum Gasteiger partial charge on any atom is 0.270 e. The Bertz CT molecular complexity index is 996. The second-order valence-electron chi connectivity index (χ2n) is 8.15. The maximum atomic E-state index is 13.4. The summed E-state index contributed by atoms with van der Waals surface area (Å²) in [5, 5.41) is 6.06. The number of carbonyl (C=O) groups excluding carboxylic acids is 1. The number of hydrogen-bond acceptors (Lipinski definition) is 5. The third-order valence-corrected chi connectivity index (χ3v) is 6.46. The van der Waals surface area contributed by atoms with Crippen molar-refractivity contribution >= 4 is 23.6 Å². The van der Waals surface area contributed by atoms with Crippen molar-refractivity contribution in [2.75, 3.05) is 5.32 Å². The van der Waals surface area contributed by atoms with Crippen LogP contribution in [0.3, 0.4) is 0 Å². The summed E-state index contributed by atoms with van der Waals surface area (Å²) >= 11 is 0. The zero-order valence-electron chi connectivity index (χ0n) is 15.8. The van der Waals surface area contributed by atoms with Crippen molar-refractivity contribution in [1.82, 2.24) is 15.3 Å².